The molecule has 1 aromatic heterocycles. The van der Waals surface area contributed by atoms with Crippen LogP contribution in [0.5, 0.6) is 0 Å². The summed E-state index contributed by atoms with van der Waals surface area (Å²) in [5.74, 6) is 0.126. The second-order valence-electron chi connectivity index (χ2n) is 5.17. The van der Waals surface area contributed by atoms with Crippen molar-refractivity contribution in [2.24, 2.45) is 0 Å². The van der Waals surface area contributed by atoms with E-state index in [2.05, 4.69) is 20.5 Å². The third kappa shape index (κ3) is 2.90. The molecular weight excluding hydrogens is 260 g/mol. The Morgan fingerprint density at radius 2 is 2.42 bits per heavy atom. The largest absolute Gasteiger partial charge is 0.353 e. The number of piperazine rings is 1. The number of nitrogens with zero attached hydrogens (tertiary/aromatic N) is 2. The zero-order valence-corrected chi connectivity index (χ0v) is 12.0. The van der Waals surface area contributed by atoms with Crippen LogP contribution in [-0.4, -0.2) is 36.1 Å². The highest BCUT2D eigenvalue weighted by Crippen LogP contribution is 2.27. The quantitative estimate of drug-likeness (QED) is 0.848. The Kier molecular flexibility index (Phi) is 3.70. The van der Waals surface area contributed by atoms with Crippen LogP contribution in [-0.2, 0) is 11.3 Å². The molecule has 19 heavy (non-hydrogen) atoms. The number of amides is 1. The van der Waals surface area contributed by atoms with Gasteiger partial charge in [-0.25, -0.2) is 4.98 Å². The fraction of sp³-hybridized carbons (Fsp3) is 0.692. The summed E-state index contributed by atoms with van der Waals surface area (Å²) in [6.45, 7) is 4.52. The minimum absolute atomic E-state index is 0.0656. The molecule has 104 valence electrons. The molecular formula is C13H20N4OS. The van der Waals surface area contributed by atoms with Crippen molar-refractivity contribution < 1.29 is 4.79 Å². The van der Waals surface area contributed by atoms with Crippen LogP contribution in [0.3, 0.4) is 0 Å². The molecule has 0 spiro atoms. The summed E-state index contributed by atoms with van der Waals surface area (Å²) in [6, 6.07) is 0.652. The summed E-state index contributed by atoms with van der Waals surface area (Å²) in [4.78, 5) is 19.7. The standard InChI is InChI=1S/C13H20N4OS/c1-2-11-12(18)14-5-6-17(11)13-16-8-10(19-13)7-15-9-3-4-9/h8-9,11,15H,2-7H2,1H3,(H,14,18). The number of carbonyl (C=O) groups excluding carboxylic acids is 1. The minimum atomic E-state index is -0.0656. The van der Waals surface area contributed by atoms with Crippen LogP contribution >= 0.6 is 11.3 Å². The Morgan fingerprint density at radius 1 is 1.58 bits per heavy atom. The maximum atomic E-state index is 11.9. The molecule has 2 heterocycles. The second kappa shape index (κ2) is 5.46. The smallest absolute Gasteiger partial charge is 0.242 e. The van der Waals surface area contributed by atoms with Gasteiger partial charge in [-0.1, -0.05) is 6.92 Å². The van der Waals surface area contributed by atoms with Crippen LogP contribution in [0.2, 0.25) is 0 Å². The average Bonchev–Trinajstić information content (AvgIpc) is 3.13. The second-order valence-corrected chi connectivity index (χ2v) is 6.27. The van der Waals surface area contributed by atoms with E-state index in [0.29, 0.717) is 6.54 Å². The van der Waals surface area contributed by atoms with E-state index < -0.39 is 0 Å². The molecule has 2 aliphatic rings. The van der Waals surface area contributed by atoms with Crippen molar-refractivity contribution in [3.8, 4) is 0 Å². The number of rotatable bonds is 5. The molecule has 0 radical (unpaired) electrons. The van der Waals surface area contributed by atoms with Gasteiger partial charge in [0, 0.05) is 36.8 Å². The topological polar surface area (TPSA) is 57.3 Å². The van der Waals surface area contributed by atoms with Gasteiger partial charge >= 0.3 is 0 Å². The molecule has 3 rings (SSSR count). The number of hydrogen-bond donors (Lipinski definition) is 2. The Bertz CT molecular complexity index is 457. The van der Waals surface area contributed by atoms with Crippen molar-refractivity contribution in [3.05, 3.63) is 11.1 Å². The van der Waals surface area contributed by atoms with Crippen LogP contribution in [0.15, 0.2) is 6.20 Å². The molecule has 1 saturated carbocycles. The first-order valence-corrected chi connectivity index (χ1v) is 7.82. The van der Waals surface area contributed by atoms with E-state index in [1.807, 2.05) is 13.1 Å². The molecule has 1 atom stereocenters. The maximum Gasteiger partial charge on any atom is 0.242 e. The molecule has 5 nitrogen and oxygen atoms in total. The van der Waals surface area contributed by atoms with Crippen molar-refractivity contribution in [2.45, 2.75) is 44.8 Å². The van der Waals surface area contributed by atoms with Gasteiger partial charge in [-0.3, -0.25) is 4.79 Å². The van der Waals surface area contributed by atoms with Gasteiger partial charge < -0.3 is 15.5 Å². The maximum absolute atomic E-state index is 11.9. The number of aromatic nitrogens is 1. The first-order valence-electron chi connectivity index (χ1n) is 7.00. The Labute approximate surface area is 117 Å². The molecule has 0 aromatic carbocycles. The summed E-state index contributed by atoms with van der Waals surface area (Å²) in [5, 5.41) is 7.40. The SMILES string of the molecule is CCC1C(=O)NCCN1c1ncc(CNC2CC2)s1. The number of hydrogen-bond acceptors (Lipinski definition) is 5. The number of anilines is 1. The highest BCUT2D eigenvalue weighted by Gasteiger charge is 2.30. The summed E-state index contributed by atoms with van der Waals surface area (Å²) < 4.78 is 0. The van der Waals surface area contributed by atoms with Gasteiger partial charge in [0.25, 0.3) is 0 Å². The van der Waals surface area contributed by atoms with Gasteiger partial charge in [-0.15, -0.1) is 11.3 Å². The first kappa shape index (κ1) is 12.9. The lowest BCUT2D eigenvalue weighted by Crippen LogP contribution is -2.55. The highest BCUT2D eigenvalue weighted by molar-refractivity contribution is 7.15. The highest BCUT2D eigenvalue weighted by atomic mass is 32.1. The van der Waals surface area contributed by atoms with Gasteiger partial charge in [0.1, 0.15) is 6.04 Å². The van der Waals surface area contributed by atoms with E-state index in [9.17, 15) is 4.79 Å². The summed E-state index contributed by atoms with van der Waals surface area (Å²) in [5.41, 5.74) is 0. The average molecular weight is 280 g/mol. The number of thiazole rings is 1. The lowest BCUT2D eigenvalue weighted by molar-refractivity contribution is -0.123. The normalized spacial score (nSPS) is 23.5. The fourth-order valence-electron chi connectivity index (χ4n) is 2.39. The molecule has 1 aromatic rings. The summed E-state index contributed by atoms with van der Waals surface area (Å²) >= 11 is 1.70. The molecule has 2 fully saturated rings. The molecule has 1 unspecified atom stereocenters. The van der Waals surface area contributed by atoms with Crippen LogP contribution < -0.4 is 15.5 Å². The van der Waals surface area contributed by atoms with Crippen molar-refractivity contribution in [3.63, 3.8) is 0 Å². The first-order chi connectivity index (χ1) is 9.28. The van der Waals surface area contributed by atoms with Crippen LogP contribution in [0, 0.1) is 0 Å². The van der Waals surface area contributed by atoms with E-state index >= 15 is 0 Å². The lowest BCUT2D eigenvalue weighted by atomic mass is 10.1. The van der Waals surface area contributed by atoms with Crippen molar-refractivity contribution in [1.29, 1.82) is 0 Å². The van der Waals surface area contributed by atoms with Gasteiger partial charge in [-0.05, 0) is 19.3 Å². The van der Waals surface area contributed by atoms with Crippen LogP contribution in [0.1, 0.15) is 31.1 Å². The predicted molar refractivity (Wildman–Crippen MR) is 76.4 cm³/mol. The van der Waals surface area contributed by atoms with E-state index in [1.54, 1.807) is 11.3 Å². The zero-order valence-electron chi connectivity index (χ0n) is 11.2. The van der Waals surface area contributed by atoms with E-state index in [0.717, 1.165) is 30.7 Å². The molecule has 2 N–H and O–H groups in total. The minimum Gasteiger partial charge on any atom is -0.353 e. The molecule has 6 heteroatoms. The van der Waals surface area contributed by atoms with Crippen molar-refractivity contribution in [1.82, 2.24) is 15.6 Å². The summed E-state index contributed by atoms with van der Waals surface area (Å²) in [7, 11) is 0. The summed E-state index contributed by atoms with van der Waals surface area (Å²) in [6.07, 6.45) is 5.36. The molecule has 1 amide bonds. The third-order valence-electron chi connectivity index (χ3n) is 3.65. The van der Waals surface area contributed by atoms with Gasteiger partial charge in [-0.2, -0.15) is 0 Å². The predicted octanol–water partition coefficient (Wildman–Crippen LogP) is 1.11. The number of carbonyl (C=O) groups is 1. The Balaban J connectivity index is 1.67. The lowest BCUT2D eigenvalue weighted by Gasteiger charge is -2.34. The van der Waals surface area contributed by atoms with E-state index in [4.69, 9.17) is 0 Å². The molecule has 0 bridgehead atoms. The fourth-order valence-corrected chi connectivity index (χ4v) is 3.33. The van der Waals surface area contributed by atoms with Crippen molar-refractivity contribution in [2.75, 3.05) is 18.0 Å². The Morgan fingerprint density at radius 3 is 3.16 bits per heavy atom. The van der Waals surface area contributed by atoms with Crippen LogP contribution in [0.25, 0.3) is 0 Å². The number of nitrogens with one attached hydrogen (secondary N) is 2. The van der Waals surface area contributed by atoms with Gasteiger partial charge in [0.05, 0.1) is 0 Å². The van der Waals surface area contributed by atoms with E-state index in [1.165, 1.54) is 17.7 Å². The monoisotopic (exact) mass is 280 g/mol. The van der Waals surface area contributed by atoms with Crippen LogP contribution in [0.4, 0.5) is 5.13 Å². The molecule has 1 aliphatic heterocycles. The molecule has 1 saturated heterocycles. The van der Waals surface area contributed by atoms with Gasteiger partial charge in [0.15, 0.2) is 5.13 Å². The Hall–Kier alpha value is -1.14. The van der Waals surface area contributed by atoms with Gasteiger partial charge in [0.2, 0.25) is 5.91 Å². The zero-order chi connectivity index (χ0) is 13.2. The van der Waals surface area contributed by atoms with Crippen molar-refractivity contribution >= 4 is 22.4 Å². The molecule has 1 aliphatic carbocycles. The van der Waals surface area contributed by atoms with E-state index in [-0.39, 0.29) is 11.9 Å². The third-order valence-corrected chi connectivity index (χ3v) is 4.68.